The monoisotopic (exact) mass is 236 g/mol. The Morgan fingerprint density at radius 1 is 1.62 bits per heavy atom. The average Bonchev–Trinajstić information content (AvgIpc) is 3.00. The van der Waals surface area contributed by atoms with Gasteiger partial charge >= 0.3 is 0 Å². The summed E-state index contributed by atoms with van der Waals surface area (Å²) in [6.07, 6.45) is 3.71. The molecule has 16 heavy (non-hydrogen) atoms. The average molecular weight is 236 g/mol. The molecule has 1 aliphatic carbocycles. The van der Waals surface area contributed by atoms with Gasteiger partial charge in [0.25, 0.3) is 0 Å². The van der Waals surface area contributed by atoms with Gasteiger partial charge < -0.3 is 10.6 Å². The fraction of sp³-hybridized carbons (Fsp3) is 0.636. The lowest BCUT2D eigenvalue weighted by Gasteiger charge is -2.22. The van der Waals surface area contributed by atoms with Gasteiger partial charge in [0.05, 0.1) is 0 Å². The fourth-order valence-electron chi connectivity index (χ4n) is 1.77. The van der Waals surface area contributed by atoms with E-state index in [0.717, 1.165) is 30.4 Å². The van der Waals surface area contributed by atoms with Crippen LogP contribution in [0.15, 0.2) is 0 Å². The number of nitrogens with two attached hydrogens (primary N) is 1. The molecule has 0 spiro atoms. The van der Waals surface area contributed by atoms with Crippen molar-refractivity contribution in [1.82, 2.24) is 4.37 Å². The molecule has 1 aliphatic rings. The molecule has 0 amide bonds. The van der Waals surface area contributed by atoms with Crippen LogP contribution in [0.3, 0.4) is 0 Å². The smallest absolute Gasteiger partial charge is 0.157 e. The summed E-state index contributed by atoms with van der Waals surface area (Å²) in [5.74, 6) is 1.18. The van der Waals surface area contributed by atoms with Crippen LogP contribution in [0.25, 0.3) is 0 Å². The Labute approximate surface area is 99.8 Å². The molecule has 0 atom stereocenters. The van der Waals surface area contributed by atoms with Crippen LogP contribution in [0.5, 0.6) is 0 Å². The maximum Gasteiger partial charge on any atom is 0.157 e. The standard InChI is InChI=1S/C11H16N4S/c1-2-5-15(7-8-3-4-8)11-9(6-12)10(13)14-16-11/h8H,2-5,7H2,1H3,(H2,13,14). The van der Waals surface area contributed by atoms with Gasteiger partial charge in [-0.3, -0.25) is 0 Å². The first-order valence-corrected chi connectivity index (χ1v) is 6.43. The molecule has 1 aromatic heterocycles. The number of nitrogens with zero attached hydrogens (tertiary/aromatic N) is 3. The van der Waals surface area contributed by atoms with Crippen molar-refractivity contribution in [2.75, 3.05) is 23.7 Å². The molecule has 1 saturated carbocycles. The predicted molar refractivity (Wildman–Crippen MR) is 66.5 cm³/mol. The Bertz CT molecular complexity index is 403. The topological polar surface area (TPSA) is 65.9 Å². The Morgan fingerprint density at radius 2 is 2.38 bits per heavy atom. The van der Waals surface area contributed by atoms with E-state index in [-0.39, 0.29) is 0 Å². The number of anilines is 2. The fourth-order valence-corrected chi connectivity index (χ4v) is 2.57. The molecule has 1 aromatic rings. The number of nitriles is 1. The van der Waals surface area contributed by atoms with E-state index in [1.807, 2.05) is 0 Å². The Hall–Kier alpha value is -1.28. The number of rotatable bonds is 5. The second kappa shape index (κ2) is 4.71. The summed E-state index contributed by atoms with van der Waals surface area (Å²) in [7, 11) is 0. The zero-order valence-corrected chi connectivity index (χ0v) is 10.3. The molecule has 0 aliphatic heterocycles. The molecule has 5 heteroatoms. The van der Waals surface area contributed by atoms with Gasteiger partial charge in [0.15, 0.2) is 5.82 Å². The first kappa shape index (κ1) is 11.2. The van der Waals surface area contributed by atoms with Crippen molar-refractivity contribution in [3.05, 3.63) is 5.56 Å². The molecule has 0 bridgehead atoms. The van der Waals surface area contributed by atoms with E-state index in [1.54, 1.807) is 0 Å². The van der Waals surface area contributed by atoms with Crippen LogP contribution >= 0.6 is 11.5 Å². The van der Waals surface area contributed by atoms with Gasteiger partial charge in [-0.25, -0.2) is 0 Å². The molecule has 2 N–H and O–H groups in total. The Balaban J connectivity index is 2.19. The largest absolute Gasteiger partial charge is 0.382 e. The highest BCUT2D eigenvalue weighted by atomic mass is 32.1. The van der Waals surface area contributed by atoms with Crippen LogP contribution in [0.4, 0.5) is 10.8 Å². The normalized spacial score (nSPS) is 14.8. The zero-order valence-electron chi connectivity index (χ0n) is 9.44. The highest BCUT2D eigenvalue weighted by Gasteiger charge is 2.26. The summed E-state index contributed by atoms with van der Waals surface area (Å²) in [6, 6.07) is 2.16. The third kappa shape index (κ3) is 2.27. The molecular formula is C11H16N4S. The molecule has 0 unspecified atom stereocenters. The Morgan fingerprint density at radius 3 is 2.94 bits per heavy atom. The van der Waals surface area contributed by atoms with Gasteiger partial charge in [-0.15, -0.1) is 0 Å². The van der Waals surface area contributed by atoms with Crippen LogP contribution in [-0.2, 0) is 0 Å². The van der Waals surface area contributed by atoms with E-state index in [9.17, 15) is 0 Å². The van der Waals surface area contributed by atoms with Gasteiger partial charge in [0.2, 0.25) is 0 Å². The first-order valence-electron chi connectivity index (χ1n) is 5.66. The SMILES string of the molecule is CCCN(CC1CC1)c1snc(N)c1C#N. The second-order valence-electron chi connectivity index (χ2n) is 4.25. The summed E-state index contributed by atoms with van der Waals surface area (Å²) in [6.45, 7) is 4.17. The van der Waals surface area contributed by atoms with Crippen LogP contribution in [0, 0.1) is 17.2 Å². The molecule has 2 rings (SSSR count). The van der Waals surface area contributed by atoms with Crippen molar-refractivity contribution >= 4 is 22.4 Å². The summed E-state index contributed by atoms with van der Waals surface area (Å²) >= 11 is 1.35. The second-order valence-corrected chi connectivity index (χ2v) is 5.00. The van der Waals surface area contributed by atoms with Crippen LogP contribution in [-0.4, -0.2) is 17.5 Å². The van der Waals surface area contributed by atoms with Gasteiger partial charge in [-0.1, -0.05) is 6.92 Å². The minimum Gasteiger partial charge on any atom is -0.382 e. The maximum absolute atomic E-state index is 9.07. The molecule has 1 heterocycles. The lowest BCUT2D eigenvalue weighted by molar-refractivity contribution is 0.712. The van der Waals surface area contributed by atoms with Gasteiger partial charge in [-0.2, -0.15) is 9.64 Å². The highest BCUT2D eigenvalue weighted by Crippen LogP contribution is 2.35. The molecule has 4 nitrogen and oxygen atoms in total. The number of aromatic nitrogens is 1. The number of hydrogen-bond acceptors (Lipinski definition) is 5. The third-order valence-electron chi connectivity index (χ3n) is 2.77. The van der Waals surface area contributed by atoms with Gasteiger partial charge in [-0.05, 0) is 36.7 Å². The van der Waals surface area contributed by atoms with Crippen molar-refractivity contribution in [3.8, 4) is 6.07 Å². The van der Waals surface area contributed by atoms with E-state index in [4.69, 9.17) is 11.0 Å². The van der Waals surface area contributed by atoms with Crippen molar-refractivity contribution < 1.29 is 0 Å². The van der Waals surface area contributed by atoms with Crippen molar-refractivity contribution in [2.45, 2.75) is 26.2 Å². The molecule has 86 valence electrons. The maximum atomic E-state index is 9.07. The van der Waals surface area contributed by atoms with Crippen LogP contribution in [0.2, 0.25) is 0 Å². The van der Waals surface area contributed by atoms with E-state index in [1.165, 1.54) is 24.4 Å². The minimum absolute atomic E-state index is 0.374. The zero-order chi connectivity index (χ0) is 11.5. The predicted octanol–water partition coefficient (Wildman–Crippen LogP) is 2.22. The van der Waals surface area contributed by atoms with Crippen molar-refractivity contribution in [1.29, 1.82) is 5.26 Å². The number of nitrogen functional groups attached to an aromatic ring is 1. The molecule has 1 fully saturated rings. The summed E-state index contributed by atoms with van der Waals surface area (Å²) in [5, 5.41) is 10.0. The molecule has 0 saturated heterocycles. The van der Waals surface area contributed by atoms with E-state index in [0.29, 0.717) is 11.4 Å². The molecular weight excluding hydrogens is 220 g/mol. The number of hydrogen-bond donors (Lipinski definition) is 1. The molecule has 0 aromatic carbocycles. The lowest BCUT2D eigenvalue weighted by atomic mass is 10.3. The van der Waals surface area contributed by atoms with E-state index < -0.39 is 0 Å². The quantitative estimate of drug-likeness (QED) is 0.851. The van der Waals surface area contributed by atoms with Crippen molar-refractivity contribution in [3.63, 3.8) is 0 Å². The third-order valence-corrected chi connectivity index (χ3v) is 3.69. The first-order chi connectivity index (χ1) is 7.76. The van der Waals surface area contributed by atoms with Crippen molar-refractivity contribution in [2.24, 2.45) is 5.92 Å². The molecule has 0 radical (unpaired) electrons. The van der Waals surface area contributed by atoms with E-state index >= 15 is 0 Å². The van der Waals surface area contributed by atoms with Gasteiger partial charge in [0, 0.05) is 13.1 Å². The van der Waals surface area contributed by atoms with Crippen LogP contribution in [0.1, 0.15) is 31.7 Å². The summed E-state index contributed by atoms with van der Waals surface area (Å²) in [5.41, 5.74) is 6.24. The summed E-state index contributed by atoms with van der Waals surface area (Å²) < 4.78 is 4.07. The summed E-state index contributed by atoms with van der Waals surface area (Å²) in [4.78, 5) is 2.27. The Kier molecular flexibility index (Phi) is 3.30. The van der Waals surface area contributed by atoms with Crippen LogP contribution < -0.4 is 10.6 Å². The lowest BCUT2D eigenvalue weighted by Crippen LogP contribution is -2.26. The minimum atomic E-state index is 0.374. The van der Waals surface area contributed by atoms with Gasteiger partial charge in [0.1, 0.15) is 16.6 Å². The highest BCUT2D eigenvalue weighted by molar-refractivity contribution is 7.10. The van der Waals surface area contributed by atoms with E-state index in [2.05, 4.69) is 22.3 Å².